The van der Waals surface area contributed by atoms with Crippen LogP contribution in [0.25, 0.3) is 0 Å². The number of amides is 3. The Labute approximate surface area is 247 Å². The van der Waals surface area contributed by atoms with E-state index in [1.54, 1.807) is 39.6 Å². The zero-order valence-corrected chi connectivity index (χ0v) is 26.9. The molecular weight excluding hydrogens is 522 g/mol. The van der Waals surface area contributed by atoms with Crippen LogP contribution >= 0.6 is 0 Å². The molecule has 0 aliphatic carbocycles. The monoisotopic (exact) mass is 575 g/mol. The fourth-order valence-corrected chi connectivity index (χ4v) is 4.11. The van der Waals surface area contributed by atoms with Crippen LogP contribution in [-0.2, 0) is 30.3 Å². The van der Waals surface area contributed by atoms with Crippen molar-refractivity contribution in [3.05, 3.63) is 29.8 Å². The number of ether oxygens (including phenoxy) is 2. The van der Waals surface area contributed by atoms with E-state index in [4.69, 9.17) is 9.47 Å². The number of anilines is 1. The summed E-state index contributed by atoms with van der Waals surface area (Å²) in [4.78, 5) is 51.5. The number of carbonyl (C=O) groups is 4. The van der Waals surface area contributed by atoms with E-state index < -0.39 is 17.7 Å². The molecule has 3 amide bonds. The Balaban J connectivity index is 2.63. The van der Waals surface area contributed by atoms with E-state index in [2.05, 4.69) is 24.5 Å². The molecule has 1 rings (SSSR count). The second kappa shape index (κ2) is 15.8. The van der Waals surface area contributed by atoms with Crippen molar-refractivity contribution in [3.63, 3.8) is 0 Å². The summed E-state index contributed by atoms with van der Waals surface area (Å²) >= 11 is 0. The highest BCUT2D eigenvalue weighted by Gasteiger charge is 2.29. The Kier molecular flexibility index (Phi) is 13.8. The summed E-state index contributed by atoms with van der Waals surface area (Å²) in [5.74, 6) is -0.439. The Morgan fingerprint density at radius 2 is 1.49 bits per heavy atom. The van der Waals surface area contributed by atoms with Gasteiger partial charge in [-0.05, 0) is 81.9 Å². The van der Waals surface area contributed by atoms with Crippen LogP contribution in [0.1, 0.15) is 100.0 Å². The molecule has 0 bridgehead atoms. The highest BCUT2D eigenvalue weighted by molar-refractivity contribution is 5.96. The van der Waals surface area contributed by atoms with Crippen LogP contribution in [0.2, 0.25) is 0 Å². The van der Waals surface area contributed by atoms with E-state index in [0.717, 1.165) is 5.56 Å². The van der Waals surface area contributed by atoms with E-state index in [9.17, 15) is 19.2 Å². The van der Waals surface area contributed by atoms with Crippen molar-refractivity contribution in [3.8, 4) is 0 Å². The summed E-state index contributed by atoms with van der Waals surface area (Å²) in [5.41, 5.74) is 0.679. The molecule has 0 aliphatic rings. The first kappa shape index (κ1) is 35.9. The zero-order valence-electron chi connectivity index (χ0n) is 26.9. The van der Waals surface area contributed by atoms with Crippen molar-refractivity contribution in [2.45, 2.75) is 112 Å². The quantitative estimate of drug-likeness (QED) is 0.259. The third kappa shape index (κ3) is 16.1. The van der Waals surface area contributed by atoms with Gasteiger partial charge < -0.3 is 25.0 Å². The first-order chi connectivity index (χ1) is 18.8. The maximum absolute atomic E-state index is 13.1. The number of rotatable bonds is 14. The molecule has 0 saturated heterocycles. The lowest BCUT2D eigenvalue weighted by molar-refractivity contribution is -0.143. The summed E-state index contributed by atoms with van der Waals surface area (Å²) in [6.07, 6.45) is 2.65. The number of carbonyl (C=O) groups excluding carboxylic acids is 4. The lowest BCUT2D eigenvalue weighted by atomic mass is 9.83. The molecule has 0 unspecified atom stereocenters. The molecule has 1 atom stereocenters. The maximum Gasteiger partial charge on any atom is 0.408 e. The van der Waals surface area contributed by atoms with Gasteiger partial charge in [0.2, 0.25) is 11.8 Å². The first-order valence-electron chi connectivity index (χ1n) is 14.6. The molecule has 9 heteroatoms. The van der Waals surface area contributed by atoms with Crippen molar-refractivity contribution < 1.29 is 28.7 Å². The second-order valence-electron chi connectivity index (χ2n) is 13.7. The summed E-state index contributed by atoms with van der Waals surface area (Å²) < 4.78 is 10.3. The van der Waals surface area contributed by atoms with Gasteiger partial charge in [0.25, 0.3) is 0 Å². The van der Waals surface area contributed by atoms with Crippen molar-refractivity contribution in [1.82, 2.24) is 10.2 Å². The lowest BCUT2D eigenvalue weighted by Gasteiger charge is -2.27. The van der Waals surface area contributed by atoms with Gasteiger partial charge in [-0.1, -0.05) is 46.8 Å². The van der Waals surface area contributed by atoms with Gasteiger partial charge in [-0.2, -0.15) is 0 Å². The normalized spacial score (nSPS) is 12.7. The highest BCUT2D eigenvalue weighted by Crippen LogP contribution is 2.29. The van der Waals surface area contributed by atoms with Crippen LogP contribution in [0.4, 0.5) is 10.5 Å². The molecule has 0 saturated carbocycles. The first-order valence-corrected chi connectivity index (χ1v) is 14.6. The van der Waals surface area contributed by atoms with E-state index in [0.29, 0.717) is 57.4 Å². The standard InChI is InChI=1S/C32H53N3O6/c1-11-40-27(37)17-20-32(8,9)19-16-26(36)35(10)21-18-23-12-14-24(15-13-23)33-28(38)25(22-30(2,3)4)34-29(39)41-31(5,6)7/h12-15,25H,11,16-22H2,1-10H3,(H,33,38)(H,34,39)/t25-/m0/s1. The van der Waals surface area contributed by atoms with E-state index in [1.807, 2.05) is 45.0 Å². The number of hydrogen-bond acceptors (Lipinski definition) is 6. The third-order valence-corrected chi connectivity index (χ3v) is 6.53. The highest BCUT2D eigenvalue weighted by atomic mass is 16.6. The van der Waals surface area contributed by atoms with Crippen LogP contribution < -0.4 is 10.6 Å². The molecule has 0 aromatic heterocycles. The van der Waals surface area contributed by atoms with Crippen LogP contribution in [-0.4, -0.2) is 60.6 Å². The fraction of sp³-hybridized carbons (Fsp3) is 0.688. The van der Waals surface area contributed by atoms with Gasteiger partial charge in [0.15, 0.2) is 0 Å². The van der Waals surface area contributed by atoms with Gasteiger partial charge in [-0.25, -0.2) is 4.79 Å². The topological polar surface area (TPSA) is 114 Å². The Hall–Kier alpha value is -3.10. The smallest absolute Gasteiger partial charge is 0.408 e. The van der Waals surface area contributed by atoms with Crippen LogP contribution in [0.3, 0.4) is 0 Å². The molecule has 1 aromatic carbocycles. The molecule has 232 valence electrons. The number of esters is 1. The average molecular weight is 576 g/mol. The molecule has 0 spiro atoms. The maximum atomic E-state index is 13.1. The Bertz CT molecular complexity index is 1010. The molecule has 0 heterocycles. The average Bonchev–Trinajstić information content (AvgIpc) is 2.83. The summed E-state index contributed by atoms with van der Waals surface area (Å²) in [5, 5.41) is 5.61. The Morgan fingerprint density at radius 3 is 2.02 bits per heavy atom. The number of alkyl carbamates (subject to hydrolysis) is 1. The largest absolute Gasteiger partial charge is 0.466 e. The van der Waals surface area contributed by atoms with Crippen LogP contribution in [0.5, 0.6) is 0 Å². The van der Waals surface area contributed by atoms with Crippen molar-refractivity contribution >= 4 is 29.6 Å². The van der Waals surface area contributed by atoms with Crippen molar-refractivity contribution in [2.24, 2.45) is 10.8 Å². The van der Waals surface area contributed by atoms with E-state index in [1.165, 1.54) is 0 Å². The summed E-state index contributed by atoms with van der Waals surface area (Å²) in [6, 6.07) is 6.74. The molecule has 0 aliphatic heterocycles. The fourth-order valence-electron chi connectivity index (χ4n) is 4.11. The van der Waals surface area contributed by atoms with Crippen molar-refractivity contribution in [1.29, 1.82) is 0 Å². The van der Waals surface area contributed by atoms with Crippen LogP contribution in [0, 0.1) is 10.8 Å². The zero-order chi connectivity index (χ0) is 31.4. The Morgan fingerprint density at radius 1 is 0.902 bits per heavy atom. The van der Waals surface area contributed by atoms with Crippen molar-refractivity contribution in [2.75, 3.05) is 25.5 Å². The molecule has 2 N–H and O–H groups in total. The molecular formula is C32H53N3O6. The van der Waals surface area contributed by atoms with E-state index >= 15 is 0 Å². The number of nitrogens with zero attached hydrogens (tertiary/aromatic N) is 1. The minimum atomic E-state index is -0.751. The predicted octanol–water partition coefficient (Wildman–Crippen LogP) is 6.11. The van der Waals surface area contributed by atoms with Gasteiger partial charge in [0, 0.05) is 32.1 Å². The SMILES string of the molecule is CCOC(=O)CCC(C)(C)CCC(=O)N(C)CCc1ccc(NC(=O)[C@H](CC(C)(C)C)NC(=O)OC(C)(C)C)cc1. The molecule has 0 radical (unpaired) electrons. The number of benzene rings is 1. The minimum absolute atomic E-state index is 0.0699. The van der Waals surface area contributed by atoms with Gasteiger partial charge in [-0.3, -0.25) is 14.4 Å². The minimum Gasteiger partial charge on any atom is -0.466 e. The molecule has 41 heavy (non-hydrogen) atoms. The lowest BCUT2D eigenvalue weighted by Crippen LogP contribution is -2.47. The second-order valence-corrected chi connectivity index (χ2v) is 13.7. The summed E-state index contributed by atoms with van der Waals surface area (Å²) in [7, 11) is 1.80. The third-order valence-electron chi connectivity index (χ3n) is 6.53. The predicted molar refractivity (Wildman–Crippen MR) is 163 cm³/mol. The van der Waals surface area contributed by atoms with Gasteiger partial charge >= 0.3 is 12.1 Å². The summed E-state index contributed by atoms with van der Waals surface area (Å²) in [6.45, 7) is 18.2. The van der Waals surface area contributed by atoms with Gasteiger partial charge in [0.05, 0.1) is 6.61 Å². The van der Waals surface area contributed by atoms with Crippen LogP contribution in [0.15, 0.2) is 24.3 Å². The molecule has 0 fully saturated rings. The molecule has 9 nitrogen and oxygen atoms in total. The van der Waals surface area contributed by atoms with E-state index in [-0.39, 0.29) is 28.6 Å². The molecule has 1 aromatic rings. The van der Waals surface area contributed by atoms with Gasteiger partial charge in [-0.15, -0.1) is 0 Å². The number of likely N-dealkylation sites (N-methyl/N-ethyl adjacent to an activating group) is 1. The number of hydrogen-bond donors (Lipinski definition) is 2. The number of nitrogens with one attached hydrogen (secondary N) is 2. The van der Waals surface area contributed by atoms with Gasteiger partial charge in [0.1, 0.15) is 11.6 Å².